The van der Waals surface area contributed by atoms with Crippen LogP contribution in [0.2, 0.25) is 0 Å². The van der Waals surface area contributed by atoms with Crippen LogP contribution >= 0.6 is 11.8 Å². The number of hydrogen-bond acceptors (Lipinski definition) is 10. The number of sulfonamides is 2. The minimum absolute atomic E-state index is 0.00779. The maximum Gasteiger partial charge on any atom is 0.243 e. The highest BCUT2D eigenvalue weighted by atomic mass is 32.2. The van der Waals surface area contributed by atoms with Crippen molar-refractivity contribution in [3.05, 3.63) is 78.4 Å². The Morgan fingerprint density at radius 2 is 1.73 bits per heavy atom. The van der Waals surface area contributed by atoms with E-state index in [1.54, 1.807) is 28.6 Å². The minimum atomic E-state index is -3.67. The van der Waals surface area contributed by atoms with Gasteiger partial charge in [-0.05, 0) is 67.3 Å². The van der Waals surface area contributed by atoms with Crippen LogP contribution in [0.25, 0.3) is 11.1 Å². The first-order valence-corrected chi connectivity index (χ1v) is 20.3. The van der Waals surface area contributed by atoms with Crippen LogP contribution in [0.3, 0.4) is 0 Å². The van der Waals surface area contributed by atoms with E-state index in [1.807, 2.05) is 23.9 Å². The van der Waals surface area contributed by atoms with Gasteiger partial charge in [-0.1, -0.05) is 42.5 Å². The zero-order valence-electron chi connectivity index (χ0n) is 27.1. The van der Waals surface area contributed by atoms with Crippen LogP contribution in [0.5, 0.6) is 5.75 Å². The smallest absolute Gasteiger partial charge is 0.243 e. The Kier molecular flexibility index (Phi) is 11.1. The highest BCUT2D eigenvalue weighted by Crippen LogP contribution is 2.38. The average molecular weight is 717 g/mol. The molecular formula is C34H44N4O7S3. The molecule has 1 spiro atoms. The summed E-state index contributed by atoms with van der Waals surface area (Å²) in [7, 11) is -5.92. The van der Waals surface area contributed by atoms with Gasteiger partial charge in [0.05, 0.1) is 22.0 Å². The molecule has 6 rings (SSSR count). The van der Waals surface area contributed by atoms with Crippen LogP contribution in [0, 0.1) is 0 Å². The van der Waals surface area contributed by atoms with Crippen molar-refractivity contribution in [3.8, 4) is 16.9 Å². The Labute approximate surface area is 288 Å². The third kappa shape index (κ3) is 8.42. The van der Waals surface area contributed by atoms with E-state index in [-0.39, 0.29) is 24.1 Å². The largest absolute Gasteiger partial charge is 0.491 e. The van der Waals surface area contributed by atoms with Crippen molar-refractivity contribution < 1.29 is 31.4 Å². The predicted octanol–water partition coefficient (Wildman–Crippen LogP) is 3.11. The Morgan fingerprint density at radius 1 is 0.979 bits per heavy atom. The summed E-state index contributed by atoms with van der Waals surface area (Å²) < 4.78 is 67.2. The fourth-order valence-electron chi connectivity index (χ4n) is 6.48. The van der Waals surface area contributed by atoms with Gasteiger partial charge < -0.3 is 19.9 Å². The predicted molar refractivity (Wildman–Crippen MR) is 187 cm³/mol. The monoisotopic (exact) mass is 716 g/mol. The van der Waals surface area contributed by atoms with E-state index in [2.05, 4.69) is 39.2 Å². The van der Waals surface area contributed by atoms with Crippen LogP contribution in [0.4, 0.5) is 0 Å². The van der Waals surface area contributed by atoms with Gasteiger partial charge in [0.1, 0.15) is 18.5 Å². The molecule has 260 valence electrons. The van der Waals surface area contributed by atoms with Gasteiger partial charge in [0.2, 0.25) is 20.0 Å². The summed E-state index contributed by atoms with van der Waals surface area (Å²) in [5.41, 5.74) is 2.73. The number of piperidine rings is 1. The molecule has 2 atom stereocenters. The third-order valence-electron chi connectivity index (χ3n) is 9.30. The maximum atomic E-state index is 13.7. The Balaban J connectivity index is 0.975. The number of benzene rings is 3. The third-order valence-corrected chi connectivity index (χ3v) is 13.6. The number of nitrogens with zero attached hydrogens (tertiary/aromatic N) is 2. The summed E-state index contributed by atoms with van der Waals surface area (Å²) >= 11 is 1.96. The minimum Gasteiger partial charge on any atom is -0.491 e. The molecular weight excluding hydrogens is 673 g/mol. The molecule has 11 nitrogen and oxygen atoms in total. The van der Waals surface area contributed by atoms with Crippen molar-refractivity contribution in [3.63, 3.8) is 0 Å². The second-order valence-electron chi connectivity index (χ2n) is 12.7. The van der Waals surface area contributed by atoms with E-state index in [1.165, 1.54) is 30.5 Å². The van der Waals surface area contributed by atoms with Crippen LogP contribution < -0.4 is 14.8 Å². The van der Waals surface area contributed by atoms with E-state index in [9.17, 15) is 21.9 Å². The van der Waals surface area contributed by atoms with Crippen molar-refractivity contribution in [2.45, 2.75) is 53.3 Å². The van der Waals surface area contributed by atoms with E-state index >= 15 is 0 Å². The molecule has 0 aliphatic carbocycles. The van der Waals surface area contributed by atoms with E-state index < -0.39 is 31.8 Å². The van der Waals surface area contributed by atoms with Gasteiger partial charge in [0, 0.05) is 56.5 Å². The molecule has 3 fully saturated rings. The lowest BCUT2D eigenvalue weighted by Gasteiger charge is -2.38. The zero-order valence-corrected chi connectivity index (χ0v) is 29.5. The number of aliphatic hydroxyl groups excluding tert-OH is 1. The lowest BCUT2D eigenvalue weighted by Crippen LogP contribution is -2.47. The fourth-order valence-corrected chi connectivity index (χ4v) is 9.73. The van der Waals surface area contributed by atoms with Gasteiger partial charge >= 0.3 is 0 Å². The normalized spacial score (nSPS) is 21.1. The summed E-state index contributed by atoms with van der Waals surface area (Å²) in [6, 6.07) is 21.7. The number of hydrogen-bond donors (Lipinski definition) is 3. The zero-order chi connectivity index (χ0) is 33.8. The molecule has 3 saturated heterocycles. The average Bonchev–Trinajstić information content (AvgIpc) is 3.77. The second kappa shape index (κ2) is 15.2. The molecule has 0 saturated carbocycles. The van der Waals surface area contributed by atoms with Gasteiger partial charge in [-0.3, -0.25) is 4.90 Å². The summed E-state index contributed by atoms with van der Waals surface area (Å²) in [5.74, 6) is 2.60. The van der Waals surface area contributed by atoms with Gasteiger partial charge in [-0.15, -0.1) is 11.8 Å². The molecule has 3 aromatic rings. The quantitative estimate of drug-likeness (QED) is 0.242. The van der Waals surface area contributed by atoms with Crippen LogP contribution in [-0.4, -0.2) is 107 Å². The van der Waals surface area contributed by atoms with Crippen LogP contribution in [0.1, 0.15) is 24.8 Å². The number of nitrogens with one attached hydrogen (secondary N) is 2. The Hall–Kier alpha value is -2.53. The summed E-state index contributed by atoms with van der Waals surface area (Å²) in [6.07, 6.45) is 1.10. The first kappa shape index (κ1) is 35.3. The highest BCUT2D eigenvalue weighted by molar-refractivity contribution is 7.99. The lowest BCUT2D eigenvalue weighted by atomic mass is 9.88. The summed E-state index contributed by atoms with van der Waals surface area (Å²) in [6.45, 7) is 3.54. The molecule has 0 radical (unpaired) electrons. The van der Waals surface area contributed by atoms with Crippen molar-refractivity contribution >= 4 is 31.8 Å². The molecule has 3 aromatic carbocycles. The SMILES string of the molecule is CNS(=O)(=O)c1cccc(OC[C@@H](O)CNC2COC3(CCN(S(=O)(=O)c4cccc(-c5ccc(CN6CCSC6)cc5)c4)CC3)C2)c1. The maximum absolute atomic E-state index is 13.7. The van der Waals surface area contributed by atoms with E-state index in [0.29, 0.717) is 43.2 Å². The molecule has 0 bridgehead atoms. The number of rotatable bonds is 13. The summed E-state index contributed by atoms with van der Waals surface area (Å²) in [5, 5.41) is 13.9. The topological polar surface area (TPSA) is 138 Å². The van der Waals surface area contributed by atoms with Crippen molar-refractivity contribution in [2.75, 3.05) is 58.1 Å². The van der Waals surface area contributed by atoms with Crippen molar-refractivity contribution in [1.29, 1.82) is 0 Å². The highest BCUT2D eigenvalue weighted by Gasteiger charge is 2.44. The summed E-state index contributed by atoms with van der Waals surface area (Å²) in [4.78, 5) is 2.81. The number of ether oxygens (including phenoxy) is 2. The molecule has 48 heavy (non-hydrogen) atoms. The van der Waals surface area contributed by atoms with Gasteiger partial charge in [-0.2, -0.15) is 4.31 Å². The van der Waals surface area contributed by atoms with Crippen LogP contribution in [-0.2, 0) is 31.3 Å². The van der Waals surface area contributed by atoms with Crippen molar-refractivity contribution in [1.82, 2.24) is 19.2 Å². The molecule has 3 aliphatic heterocycles. The molecule has 0 aromatic heterocycles. The Bertz CT molecular complexity index is 1760. The molecule has 3 aliphatic rings. The van der Waals surface area contributed by atoms with Gasteiger partial charge in [-0.25, -0.2) is 21.6 Å². The standard InChI is InChI=1S/C34H44N4O7S3/c1-35-47(40,41)32-6-3-5-31(19-32)44-24-30(39)21-36-29-20-34(45-23-29)12-14-38(15-13-34)48(42,43)33-7-2-4-28(18-33)27-10-8-26(9-11-27)22-37-16-17-46-25-37/h2-11,18-19,29-30,35-36,39H,12-17,20-25H2,1H3/t29?,30-/m0/s1. The molecule has 3 N–H and O–H groups in total. The van der Waals surface area contributed by atoms with Crippen molar-refractivity contribution in [2.24, 2.45) is 0 Å². The van der Waals surface area contributed by atoms with E-state index in [4.69, 9.17) is 9.47 Å². The van der Waals surface area contributed by atoms with Gasteiger partial charge in [0.15, 0.2) is 0 Å². The molecule has 14 heteroatoms. The molecule has 3 heterocycles. The first-order chi connectivity index (χ1) is 23.0. The fraction of sp³-hybridized carbons (Fsp3) is 0.471. The lowest BCUT2D eigenvalue weighted by molar-refractivity contribution is -0.0312. The van der Waals surface area contributed by atoms with Crippen LogP contribution in [0.15, 0.2) is 82.6 Å². The molecule has 1 unspecified atom stereocenters. The Morgan fingerprint density at radius 3 is 2.46 bits per heavy atom. The van der Waals surface area contributed by atoms with E-state index in [0.717, 1.165) is 36.5 Å². The first-order valence-electron chi connectivity index (χ1n) is 16.3. The van der Waals surface area contributed by atoms with Gasteiger partial charge in [0.25, 0.3) is 0 Å². The number of thioether (sulfide) groups is 1. The molecule has 0 amide bonds. The second-order valence-corrected chi connectivity index (χ2v) is 17.6. The number of aliphatic hydroxyl groups is 1.